The Hall–Kier alpha value is -4.56. The third-order valence-electron chi connectivity index (χ3n) is 16.3. The van der Waals surface area contributed by atoms with Crippen LogP contribution in [0, 0.1) is 0 Å². The average molecular weight is 872 g/mol. The molecule has 338 valence electrons. The summed E-state index contributed by atoms with van der Waals surface area (Å²) in [5, 5.41) is 60.8. The fraction of sp³-hybridized carbons (Fsp3) is 0.644. The molecule has 10 atom stereocenters. The standard InChI is InChI=1S/C45H57N7O11/c1-50-13-11-42-36-25-3-5-30(53)38(36)62-40(42)28(7-9-44(42,57)32(50)19-25)46-34(55)23-60-18-17-59-16-15-52-21-27(48-49-52)22-61-24-35(56)47-29-8-10-45(58)33-20-26-4-6-31(54)39-37(26)43(45,41(29)63-39)12-14-51(33)2/h3-6,21,28-29,32-33,40-41,53-54,57-58H,7-20,22-24H2,1-2H3,(H,46,55)(H,47,56)/t28-,29+,32?,33?,40+,41+,42+,43+,44-,45-/m1/s1. The van der Waals surface area contributed by atoms with Gasteiger partial charge in [0.15, 0.2) is 23.0 Å². The fourth-order valence-corrected chi connectivity index (χ4v) is 13.6. The normalized spacial score (nSPS) is 35.3. The van der Waals surface area contributed by atoms with Crippen LogP contribution in [0.1, 0.15) is 66.5 Å². The number of phenols is 2. The van der Waals surface area contributed by atoms with Crippen molar-refractivity contribution in [3.63, 3.8) is 0 Å². The van der Waals surface area contributed by atoms with Gasteiger partial charge < -0.3 is 64.5 Å². The molecular weight excluding hydrogens is 815 g/mol. The molecule has 18 nitrogen and oxygen atoms in total. The molecule has 5 heterocycles. The highest BCUT2D eigenvalue weighted by molar-refractivity contribution is 5.78. The highest BCUT2D eigenvalue weighted by atomic mass is 16.5. The van der Waals surface area contributed by atoms with Crippen LogP contribution in [0.2, 0.25) is 0 Å². The zero-order valence-corrected chi connectivity index (χ0v) is 35.8. The summed E-state index contributed by atoms with van der Waals surface area (Å²) in [6.45, 7) is 2.54. The smallest absolute Gasteiger partial charge is 0.246 e. The maximum Gasteiger partial charge on any atom is 0.246 e. The number of carbonyl (C=O) groups is 2. The molecule has 11 rings (SSSR count). The van der Waals surface area contributed by atoms with E-state index in [9.17, 15) is 30.0 Å². The number of hydrogen-bond acceptors (Lipinski definition) is 15. The number of ether oxygens (including phenoxy) is 5. The number of benzene rings is 2. The molecule has 4 aliphatic heterocycles. The number of phenolic OH excluding ortho intramolecular Hbond substituents is 2. The van der Waals surface area contributed by atoms with Crippen LogP contribution >= 0.6 is 0 Å². The summed E-state index contributed by atoms with van der Waals surface area (Å²) in [6, 6.07) is 6.36. The maximum absolute atomic E-state index is 13.2. The van der Waals surface area contributed by atoms with Crippen molar-refractivity contribution in [2.45, 2.75) is 123 Å². The number of hydrogen-bond donors (Lipinski definition) is 6. The molecule has 4 aliphatic carbocycles. The number of nitrogens with one attached hydrogen (secondary N) is 2. The molecule has 3 aromatic rings. The molecule has 2 saturated heterocycles. The number of nitrogens with zero attached hydrogens (tertiary/aromatic N) is 5. The Morgan fingerprint density at radius 3 is 1.83 bits per heavy atom. The third kappa shape index (κ3) is 5.94. The lowest BCUT2D eigenvalue weighted by Gasteiger charge is -2.63. The molecule has 0 radical (unpaired) electrons. The van der Waals surface area contributed by atoms with Crippen molar-refractivity contribution in [3.05, 3.63) is 58.4 Å². The molecule has 63 heavy (non-hydrogen) atoms. The summed E-state index contributed by atoms with van der Waals surface area (Å²) in [4.78, 5) is 30.8. The minimum atomic E-state index is -1.03. The van der Waals surface area contributed by atoms with Gasteiger partial charge >= 0.3 is 0 Å². The van der Waals surface area contributed by atoms with Gasteiger partial charge in [0.1, 0.15) is 31.1 Å². The van der Waals surface area contributed by atoms with E-state index >= 15 is 0 Å². The Bertz CT molecular complexity index is 2330. The first-order valence-corrected chi connectivity index (χ1v) is 22.5. The summed E-state index contributed by atoms with van der Waals surface area (Å²) in [5.41, 5.74) is 1.07. The maximum atomic E-state index is 13.2. The van der Waals surface area contributed by atoms with Crippen LogP contribution in [-0.2, 0) is 60.6 Å². The Labute approximate surface area is 364 Å². The van der Waals surface area contributed by atoms with Crippen molar-refractivity contribution in [2.75, 3.05) is 60.2 Å². The SMILES string of the molecule is CN1CC[C@]23c4c5ccc(O)c4O[C@H]2[C@@H](NC(=O)COCc2cn(CCOCCOCC(=O)N[C@@H]4CC[C@@]6(O)C7Cc8ccc(O)c9c8[C@@]6(CCN7C)[C@H]4O9)nn2)CC[C@@]3(O)C1C5. The highest BCUT2D eigenvalue weighted by Gasteiger charge is 2.74. The molecule has 18 heteroatoms. The number of aliphatic hydroxyl groups is 2. The van der Waals surface area contributed by atoms with Crippen LogP contribution in [0.25, 0.3) is 0 Å². The van der Waals surface area contributed by atoms with Crippen molar-refractivity contribution >= 4 is 11.8 Å². The predicted molar refractivity (Wildman–Crippen MR) is 221 cm³/mol. The average Bonchev–Trinajstić information content (AvgIpc) is 3.97. The second-order valence-electron chi connectivity index (χ2n) is 19.2. The molecule has 4 bridgehead atoms. The molecular formula is C45H57N7O11. The molecule has 1 aromatic heterocycles. The first kappa shape index (κ1) is 41.2. The van der Waals surface area contributed by atoms with Crippen LogP contribution in [0.3, 0.4) is 0 Å². The van der Waals surface area contributed by atoms with Gasteiger partial charge in [-0.05, 0) is 102 Å². The lowest BCUT2D eigenvalue weighted by Crippen LogP contribution is -2.77. The molecule has 2 aromatic carbocycles. The molecule has 2 spiro atoms. The van der Waals surface area contributed by atoms with Crippen molar-refractivity contribution in [2.24, 2.45) is 0 Å². The number of aromatic hydroxyl groups is 2. The summed E-state index contributed by atoms with van der Waals surface area (Å²) >= 11 is 0. The van der Waals surface area contributed by atoms with E-state index in [1.54, 1.807) is 23.0 Å². The number of piperidine rings is 2. The lowest BCUT2D eigenvalue weighted by atomic mass is 9.48. The second-order valence-corrected chi connectivity index (χ2v) is 19.2. The minimum Gasteiger partial charge on any atom is -0.504 e. The second kappa shape index (κ2) is 15.0. The topological polar surface area (TPSA) is 222 Å². The quantitative estimate of drug-likeness (QED) is 0.119. The van der Waals surface area contributed by atoms with Gasteiger partial charge in [0.25, 0.3) is 0 Å². The third-order valence-corrected chi connectivity index (χ3v) is 16.3. The largest absolute Gasteiger partial charge is 0.504 e. The summed E-state index contributed by atoms with van der Waals surface area (Å²) in [7, 11) is 4.11. The van der Waals surface area contributed by atoms with Crippen molar-refractivity contribution in [1.29, 1.82) is 0 Å². The Morgan fingerprint density at radius 2 is 1.27 bits per heavy atom. The van der Waals surface area contributed by atoms with Gasteiger partial charge in [0, 0.05) is 23.2 Å². The minimum absolute atomic E-state index is 0.0602. The van der Waals surface area contributed by atoms with E-state index in [1.165, 1.54) is 0 Å². The molecule has 6 N–H and O–H groups in total. The zero-order chi connectivity index (χ0) is 43.5. The lowest BCUT2D eigenvalue weighted by molar-refractivity contribution is -0.187. The van der Waals surface area contributed by atoms with E-state index in [0.717, 1.165) is 35.3 Å². The fourth-order valence-electron chi connectivity index (χ4n) is 13.6. The zero-order valence-electron chi connectivity index (χ0n) is 35.8. The van der Waals surface area contributed by atoms with Crippen molar-refractivity contribution < 1.29 is 53.7 Å². The summed E-state index contributed by atoms with van der Waals surface area (Å²) in [6.07, 6.45) is 5.53. The number of rotatable bonds is 14. The van der Waals surface area contributed by atoms with Gasteiger partial charge in [-0.15, -0.1) is 5.10 Å². The van der Waals surface area contributed by atoms with Gasteiger partial charge in [-0.2, -0.15) is 0 Å². The van der Waals surface area contributed by atoms with Crippen LogP contribution in [-0.4, -0.2) is 165 Å². The van der Waals surface area contributed by atoms with Gasteiger partial charge in [-0.3, -0.25) is 9.59 Å². The number of amides is 2. The molecule has 2 saturated carbocycles. The predicted octanol–water partition coefficient (Wildman–Crippen LogP) is 0.177. The van der Waals surface area contributed by atoms with Gasteiger partial charge in [-0.1, -0.05) is 17.3 Å². The van der Waals surface area contributed by atoms with Crippen LogP contribution in [0.5, 0.6) is 23.0 Å². The van der Waals surface area contributed by atoms with E-state index in [-0.39, 0.29) is 80.5 Å². The van der Waals surface area contributed by atoms with Crippen LogP contribution in [0.4, 0.5) is 0 Å². The monoisotopic (exact) mass is 871 g/mol. The first-order chi connectivity index (χ1) is 30.4. The first-order valence-electron chi connectivity index (χ1n) is 22.5. The van der Waals surface area contributed by atoms with Crippen molar-refractivity contribution in [3.8, 4) is 23.0 Å². The number of carbonyl (C=O) groups excluding carboxylic acids is 2. The van der Waals surface area contributed by atoms with Gasteiger partial charge in [0.2, 0.25) is 11.8 Å². The number of likely N-dealkylation sites (N-methyl/N-ethyl adjacent to an activating group) is 2. The van der Waals surface area contributed by atoms with E-state index in [2.05, 4.69) is 44.8 Å². The molecule has 2 unspecified atom stereocenters. The summed E-state index contributed by atoms with van der Waals surface area (Å²) in [5.74, 6) is 0.425. The molecule has 2 amide bonds. The van der Waals surface area contributed by atoms with E-state index in [1.807, 2.05) is 12.1 Å². The summed E-state index contributed by atoms with van der Waals surface area (Å²) < 4.78 is 31.7. The highest BCUT2D eigenvalue weighted by Crippen LogP contribution is 2.67. The number of aromatic nitrogens is 3. The molecule has 4 fully saturated rings. The Balaban J connectivity index is 0.607. The van der Waals surface area contributed by atoms with E-state index < -0.39 is 34.2 Å². The van der Waals surface area contributed by atoms with Crippen LogP contribution < -0.4 is 20.1 Å². The molecule has 8 aliphatic rings. The van der Waals surface area contributed by atoms with Gasteiger partial charge in [0.05, 0.1) is 73.3 Å². The Morgan fingerprint density at radius 1 is 0.746 bits per heavy atom. The Kier molecular flexibility index (Phi) is 9.80. The van der Waals surface area contributed by atoms with Crippen LogP contribution in [0.15, 0.2) is 30.5 Å². The van der Waals surface area contributed by atoms with E-state index in [0.29, 0.717) is 81.7 Å². The van der Waals surface area contributed by atoms with Crippen molar-refractivity contribution in [1.82, 2.24) is 35.4 Å². The van der Waals surface area contributed by atoms with Gasteiger partial charge in [-0.25, -0.2) is 4.68 Å². The number of likely N-dealkylation sites (tertiary alicyclic amines) is 2. The van der Waals surface area contributed by atoms with E-state index in [4.69, 9.17) is 23.7 Å².